The highest BCUT2D eigenvalue weighted by Crippen LogP contribution is 2.38. The zero-order valence-electron chi connectivity index (χ0n) is 10.4. The highest BCUT2D eigenvalue weighted by atomic mass is 79.9. The maximum atomic E-state index is 11.7. The van der Waals surface area contributed by atoms with Crippen molar-refractivity contribution in [3.05, 3.63) is 64.1 Å². The van der Waals surface area contributed by atoms with Crippen LogP contribution in [0.2, 0.25) is 0 Å². The lowest BCUT2D eigenvalue weighted by molar-refractivity contribution is -0.117. The second kappa shape index (κ2) is 6.60. The van der Waals surface area contributed by atoms with Gasteiger partial charge in [0.15, 0.2) is 0 Å². The van der Waals surface area contributed by atoms with E-state index in [9.17, 15) is 4.79 Å². The predicted octanol–water partition coefficient (Wildman–Crippen LogP) is 3.64. The first-order chi connectivity index (χ1) is 9.61. The summed E-state index contributed by atoms with van der Waals surface area (Å²) in [6, 6.07) is 16.6. The van der Waals surface area contributed by atoms with Crippen molar-refractivity contribution in [3.63, 3.8) is 0 Å². The Morgan fingerprint density at radius 1 is 1.20 bits per heavy atom. The molecule has 3 nitrogen and oxygen atoms in total. The molecule has 2 aromatic carbocycles. The van der Waals surface area contributed by atoms with Gasteiger partial charge < -0.3 is 5.73 Å². The summed E-state index contributed by atoms with van der Waals surface area (Å²) >= 11 is 4.84. The molecular weight excluding hydrogens is 336 g/mol. The molecule has 0 aliphatic rings. The lowest BCUT2D eigenvalue weighted by Crippen LogP contribution is -2.18. The van der Waals surface area contributed by atoms with Gasteiger partial charge in [0.1, 0.15) is 5.25 Å². The summed E-state index contributed by atoms with van der Waals surface area (Å²) in [6.07, 6.45) is 0. The molecule has 0 bridgehead atoms. The third kappa shape index (κ3) is 3.41. The van der Waals surface area contributed by atoms with Gasteiger partial charge in [0.25, 0.3) is 0 Å². The van der Waals surface area contributed by atoms with Gasteiger partial charge in [-0.25, -0.2) is 0 Å². The van der Waals surface area contributed by atoms with Crippen molar-refractivity contribution in [1.29, 1.82) is 5.26 Å². The number of carbonyl (C=O) groups is 1. The molecule has 1 amide bonds. The maximum Gasteiger partial charge on any atom is 0.235 e. The molecule has 0 saturated carbocycles. The number of halogens is 1. The van der Waals surface area contributed by atoms with E-state index in [0.717, 1.165) is 14.9 Å². The highest BCUT2D eigenvalue weighted by Gasteiger charge is 2.20. The minimum Gasteiger partial charge on any atom is -0.368 e. The third-order valence-corrected chi connectivity index (χ3v) is 4.99. The van der Waals surface area contributed by atoms with E-state index in [2.05, 4.69) is 22.0 Å². The average Bonchev–Trinajstić information content (AvgIpc) is 2.46. The molecule has 0 aliphatic heterocycles. The van der Waals surface area contributed by atoms with Crippen molar-refractivity contribution < 1.29 is 4.79 Å². The molecule has 0 heterocycles. The molecule has 0 fully saturated rings. The Balaban J connectivity index is 2.30. The van der Waals surface area contributed by atoms with Crippen molar-refractivity contribution in [2.24, 2.45) is 5.73 Å². The molecule has 0 aliphatic carbocycles. The Hall–Kier alpha value is -1.77. The number of carbonyl (C=O) groups excluding carboxylic acids is 1. The van der Waals surface area contributed by atoms with Crippen molar-refractivity contribution in [1.82, 2.24) is 0 Å². The van der Waals surface area contributed by atoms with Crippen LogP contribution < -0.4 is 5.73 Å². The van der Waals surface area contributed by atoms with Gasteiger partial charge in [-0.2, -0.15) is 5.26 Å². The van der Waals surface area contributed by atoms with Crippen LogP contribution in [0.1, 0.15) is 16.4 Å². The van der Waals surface area contributed by atoms with E-state index in [0.29, 0.717) is 5.56 Å². The second-order valence-corrected chi connectivity index (χ2v) is 6.07. The molecule has 0 saturated heterocycles. The first kappa shape index (κ1) is 14.6. The number of nitrogens with zero attached hydrogens (tertiary/aromatic N) is 1. The van der Waals surface area contributed by atoms with Gasteiger partial charge in [0, 0.05) is 9.37 Å². The fraction of sp³-hybridized carbons (Fsp3) is 0.0667. The van der Waals surface area contributed by atoms with Gasteiger partial charge in [-0.05, 0) is 45.8 Å². The van der Waals surface area contributed by atoms with Crippen LogP contribution in [-0.2, 0) is 4.79 Å². The number of nitrogens with two attached hydrogens (primary N) is 1. The van der Waals surface area contributed by atoms with Crippen molar-refractivity contribution in [2.75, 3.05) is 0 Å². The van der Waals surface area contributed by atoms with Crippen LogP contribution in [0.25, 0.3) is 0 Å². The fourth-order valence-electron chi connectivity index (χ4n) is 1.69. The molecule has 5 heteroatoms. The highest BCUT2D eigenvalue weighted by molar-refractivity contribution is 9.10. The van der Waals surface area contributed by atoms with Crippen LogP contribution >= 0.6 is 27.7 Å². The van der Waals surface area contributed by atoms with Crippen LogP contribution in [-0.4, -0.2) is 5.91 Å². The quantitative estimate of drug-likeness (QED) is 0.859. The lowest BCUT2D eigenvalue weighted by atomic mass is 10.1. The fourth-order valence-corrected chi connectivity index (χ4v) is 3.26. The number of benzene rings is 2. The molecule has 20 heavy (non-hydrogen) atoms. The Kier molecular flexibility index (Phi) is 4.83. The van der Waals surface area contributed by atoms with Gasteiger partial charge in [0.2, 0.25) is 5.91 Å². The number of rotatable bonds is 4. The van der Waals surface area contributed by atoms with E-state index in [1.807, 2.05) is 24.3 Å². The first-order valence-electron chi connectivity index (χ1n) is 5.82. The van der Waals surface area contributed by atoms with E-state index in [4.69, 9.17) is 11.0 Å². The van der Waals surface area contributed by atoms with Crippen molar-refractivity contribution in [3.8, 4) is 6.07 Å². The summed E-state index contributed by atoms with van der Waals surface area (Å²) in [4.78, 5) is 12.6. The van der Waals surface area contributed by atoms with Crippen molar-refractivity contribution in [2.45, 2.75) is 10.1 Å². The molecule has 0 spiro atoms. The summed E-state index contributed by atoms with van der Waals surface area (Å²) in [5.74, 6) is -0.407. The van der Waals surface area contributed by atoms with Gasteiger partial charge in [-0.3, -0.25) is 4.79 Å². The summed E-state index contributed by atoms with van der Waals surface area (Å²) in [7, 11) is 0. The molecule has 100 valence electrons. The molecule has 0 unspecified atom stereocenters. The first-order valence-corrected chi connectivity index (χ1v) is 7.49. The number of hydrogen-bond acceptors (Lipinski definition) is 3. The van der Waals surface area contributed by atoms with Gasteiger partial charge >= 0.3 is 0 Å². The summed E-state index contributed by atoms with van der Waals surface area (Å²) in [5, 5.41) is 8.31. The number of thioether (sulfide) groups is 1. The second-order valence-electron chi connectivity index (χ2n) is 4.06. The summed E-state index contributed by atoms with van der Waals surface area (Å²) in [5.41, 5.74) is 6.84. The molecule has 2 N–H and O–H groups in total. The Bertz CT molecular complexity index is 664. The van der Waals surface area contributed by atoms with E-state index >= 15 is 0 Å². The normalized spacial score (nSPS) is 11.6. The average molecular weight is 347 g/mol. The standard InChI is InChI=1S/C15H11BrN2OS/c16-12-3-1-2-4-13(12)20-14(15(18)19)11-7-5-10(9-17)6-8-11/h1-8,14H,(H2,18,19)/t14-/m1/s1. The maximum absolute atomic E-state index is 11.7. The Morgan fingerprint density at radius 2 is 1.85 bits per heavy atom. The molecular formula is C15H11BrN2OS. The zero-order chi connectivity index (χ0) is 14.5. The molecule has 2 aromatic rings. The SMILES string of the molecule is N#Cc1ccc([C@@H](Sc2ccccc2Br)C(N)=O)cc1. The molecule has 1 atom stereocenters. The Morgan fingerprint density at radius 3 is 2.40 bits per heavy atom. The number of primary amides is 1. The number of hydrogen-bond donors (Lipinski definition) is 1. The van der Waals surface area contributed by atoms with E-state index in [1.165, 1.54) is 11.8 Å². The smallest absolute Gasteiger partial charge is 0.235 e. The molecule has 0 aromatic heterocycles. The minimum atomic E-state index is -0.485. The monoisotopic (exact) mass is 346 g/mol. The van der Waals surface area contributed by atoms with E-state index in [-0.39, 0.29) is 0 Å². The largest absolute Gasteiger partial charge is 0.368 e. The number of amides is 1. The van der Waals surface area contributed by atoms with E-state index in [1.54, 1.807) is 24.3 Å². The van der Waals surface area contributed by atoms with Crippen molar-refractivity contribution >= 4 is 33.6 Å². The van der Waals surface area contributed by atoms with Gasteiger partial charge in [0.05, 0.1) is 11.6 Å². The predicted molar refractivity (Wildman–Crippen MR) is 83.1 cm³/mol. The topological polar surface area (TPSA) is 66.9 Å². The van der Waals surface area contributed by atoms with Crippen LogP contribution in [0.3, 0.4) is 0 Å². The van der Waals surface area contributed by atoms with Gasteiger partial charge in [-0.1, -0.05) is 24.3 Å². The molecule has 0 radical (unpaired) electrons. The zero-order valence-corrected chi connectivity index (χ0v) is 12.8. The summed E-state index contributed by atoms with van der Waals surface area (Å²) < 4.78 is 0.921. The van der Waals surface area contributed by atoms with Crippen LogP contribution in [0.4, 0.5) is 0 Å². The lowest BCUT2D eigenvalue weighted by Gasteiger charge is -2.14. The molecule has 2 rings (SSSR count). The number of nitriles is 1. The van der Waals surface area contributed by atoms with E-state index < -0.39 is 11.2 Å². The van der Waals surface area contributed by atoms with Crippen LogP contribution in [0.5, 0.6) is 0 Å². The third-order valence-electron chi connectivity index (χ3n) is 2.68. The van der Waals surface area contributed by atoms with Crippen LogP contribution in [0.15, 0.2) is 57.9 Å². The minimum absolute atomic E-state index is 0.407. The Labute approximate surface area is 129 Å². The van der Waals surface area contributed by atoms with Gasteiger partial charge in [-0.15, -0.1) is 11.8 Å². The summed E-state index contributed by atoms with van der Waals surface area (Å²) in [6.45, 7) is 0. The van der Waals surface area contributed by atoms with Crippen LogP contribution in [0, 0.1) is 11.3 Å².